The summed E-state index contributed by atoms with van der Waals surface area (Å²) in [4.78, 5) is 16.5. The van der Waals surface area contributed by atoms with Crippen molar-refractivity contribution in [3.8, 4) is 0 Å². The highest BCUT2D eigenvalue weighted by Crippen LogP contribution is 2.45. The molecule has 1 aromatic heterocycles. The van der Waals surface area contributed by atoms with Crippen molar-refractivity contribution in [3.63, 3.8) is 0 Å². The van der Waals surface area contributed by atoms with E-state index < -0.39 is 0 Å². The Kier molecular flexibility index (Phi) is 5.16. The zero-order chi connectivity index (χ0) is 14.6. The fourth-order valence-corrected chi connectivity index (χ4v) is 3.80. The van der Waals surface area contributed by atoms with Crippen molar-refractivity contribution >= 4 is 17.2 Å². The standard InChI is InChI=1S/C15H25N3OS/c1-11(2)8-15(5-3-6-15)10-17-14(19)12-9-20-13(18-12)4-7-16/h9,11H,3-8,10,16H2,1-2H3,(H,17,19). The van der Waals surface area contributed by atoms with Crippen molar-refractivity contribution in [2.24, 2.45) is 17.1 Å². The molecule has 0 unspecified atom stereocenters. The third-order valence-electron chi connectivity index (χ3n) is 4.02. The van der Waals surface area contributed by atoms with Gasteiger partial charge >= 0.3 is 0 Å². The number of carbonyl (C=O) groups is 1. The quantitative estimate of drug-likeness (QED) is 0.812. The minimum absolute atomic E-state index is 0.0421. The van der Waals surface area contributed by atoms with Crippen LogP contribution in [-0.4, -0.2) is 24.0 Å². The molecular weight excluding hydrogens is 270 g/mol. The fourth-order valence-electron chi connectivity index (χ4n) is 3.01. The average molecular weight is 295 g/mol. The Balaban J connectivity index is 1.87. The lowest BCUT2D eigenvalue weighted by atomic mass is 9.64. The molecule has 0 aromatic carbocycles. The van der Waals surface area contributed by atoms with Crippen LogP contribution in [0.15, 0.2) is 5.38 Å². The Morgan fingerprint density at radius 3 is 2.85 bits per heavy atom. The van der Waals surface area contributed by atoms with Gasteiger partial charge in [-0.1, -0.05) is 20.3 Å². The summed E-state index contributed by atoms with van der Waals surface area (Å²) in [7, 11) is 0. The number of thiazole rings is 1. The number of amides is 1. The van der Waals surface area contributed by atoms with Crippen LogP contribution in [0.5, 0.6) is 0 Å². The van der Waals surface area contributed by atoms with Gasteiger partial charge in [-0.15, -0.1) is 11.3 Å². The van der Waals surface area contributed by atoms with Crippen LogP contribution in [0, 0.1) is 11.3 Å². The number of nitrogens with two attached hydrogens (primary N) is 1. The molecule has 0 spiro atoms. The number of nitrogens with one attached hydrogen (secondary N) is 1. The van der Waals surface area contributed by atoms with E-state index in [1.165, 1.54) is 37.0 Å². The zero-order valence-corrected chi connectivity index (χ0v) is 13.3. The summed E-state index contributed by atoms with van der Waals surface area (Å²) in [6.07, 6.45) is 5.71. The second kappa shape index (κ2) is 6.68. The molecule has 0 saturated heterocycles. The maximum atomic E-state index is 12.1. The maximum absolute atomic E-state index is 12.1. The molecule has 3 N–H and O–H groups in total. The van der Waals surface area contributed by atoms with E-state index in [2.05, 4.69) is 24.1 Å². The van der Waals surface area contributed by atoms with Gasteiger partial charge in [0.05, 0.1) is 5.01 Å². The van der Waals surface area contributed by atoms with Gasteiger partial charge in [0.2, 0.25) is 0 Å². The lowest BCUT2D eigenvalue weighted by Crippen LogP contribution is -2.43. The van der Waals surface area contributed by atoms with Gasteiger partial charge in [0, 0.05) is 18.3 Å². The third kappa shape index (κ3) is 3.79. The number of nitrogens with zero attached hydrogens (tertiary/aromatic N) is 1. The summed E-state index contributed by atoms with van der Waals surface area (Å²) >= 11 is 1.51. The second-order valence-corrected chi connectivity index (χ2v) is 7.24. The average Bonchev–Trinajstić information content (AvgIpc) is 2.81. The molecule has 1 aliphatic carbocycles. The summed E-state index contributed by atoms with van der Waals surface area (Å²) in [6, 6.07) is 0. The first kappa shape index (κ1) is 15.4. The van der Waals surface area contributed by atoms with Gasteiger partial charge in [0.25, 0.3) is 5.91 Å². The molecular formula is C15H25N3OS. The normalized spacial score (nSPS) is 17.0. The largest absolute Gasteiger partial charge is 0.350 e. The molecule has 1 aromatic rings. The lowest BCUT2D eigenvalue weighted by molar-refractivity contribution is 0.0777. The van der Waals surface area contributed by atoms with Gasteiger partial charge in [-0.2, -0.15) is 0 Å². The Bertz CT molecular complexity index is 452. The van der Waals surface area contributed by atoms with Crippen LogP contribution in [-0.2, 0) is 6.42 Å². The number of hydrogen-bond acceptors (Lipinski definition) is 4. The first-order valence-corrected chi connectivity index (χ1v) is 8.35. The van der Waals surface area contributed by atoms with E-state index in [-0.39, 0.29) is 5.91 Å². The summed E-state index contributed by atoms with van der Waals surface area (Å²) in [5, 5.41) is 5.85. The smallest absolute Gasteiger partial charge is 0.270 e. The lowest BCUT2D eigenvalue weighted by Gasteiger charge is -2.43. The van der Waals surface area contributed by atoms with Crippen LogP contribution in [0.1, 0.15) is 55.0 Å². The van der Waals surface area contributed by atoms with Gasteiger partial charge in [0.1, 0.15) is 5.69 Å². The summed E-state index contributed by atoms with van der Waals surface area (Å²) in [5.74, 6) is 0.641. The van der Waals surface area contributed by atoms with Gasteiger partial charge in [0.15, 0.2) is 0 Å². The number of carbonyl (C=O) groups excluding carboxylic acids is 1. The predicted octanol–water partition coefficient (Wildman–Crippen LogP) is 2.59. The van der Waals surface area contributed by atoms with Crippen molar-refractivity contribution in [3.05, 3.63) is 16.1 Å². The van der Waals surface area contributed by atoms with Gasteiger partial charge in [-0.25, -0.2) is 4.98 Å². The number of hydrogen-bond donors (Lipinski definition) is 2. The van der Waals surface area contributed by atoms with Crippen LogP contribution in [0.3, 0.4) is 0 Å². The SMILES string of the molecule is CC(C)CC1(CNC(=O)c2csc(CCN)n2)CCC1. The Hall–Kier alpha value is -0.940. The number of aromatic nitrogens is 1. The molecule has 1 fully saturated rings. The summed E-state index contributed by atoms with van der Waals surface area (Å²) in [6.45, 7) is 5.86. The monoisotopic (exact) mass is 295 g/mol. The molecule has 0 atom stereocenters. The van der Waals surface area contributed by atoms with Crippen molar-refractivity contribution in [2.75, 3.05) is 13.1 Å². The van der Waals surface area contributed by atoms with Crippen LogP contribution in [0.2, 0.25) is 0 Å². The fraction of sp³-hybridized carbons (Fsp3) is 0.733. The minimum Gasteiger partial charge on any atom is -0.350 e. The highest BCUT2D eigenvalue weighted by molar-refractivity contribution is 7.09. The van der Waals surface area contributed by atoms with Crippen molar-refractivity contribution < 1.29 is 4.79 Å². The summed E-state index contributed by atoms with van der Waals surface area (Å²) in [5.41, 5.74) is 6.37. The predicted molar refractivity (Wildman–Crippen MR) is 82.9 cm³/mol. The van der Waals surface area contributed by atoms with E-state index in [0.29, 0.717) is 23.6 Å². The van der Waals surface area contributed by atoms with Gasteiger partial charge < -0.3 is 11.1 Å². The third-order valence-corrected chi connectivity index (χ3v) is 4.93. The maximum Gasteiger partial charge on any atom is 0.270 e. The molecule has 1 amide bonds. The zero-order valence-electron chi connectivity index (χ0n) is 12.4. The molecule has 4 nitrogen and oxygen atoms in total. The van der Waals surface area contributed by atoms with E-state index in [4.69, 9.17) is 5.73 Å². The first-order valence-electron chi connectivity index (χ1n) is 7.47. The topological polar surface area (TPSA) is 68.0 Å². The molecule has 0 bridgehead atoms. The molecule has 5 heteroatoms. The van der Waals surface area contributed by atoms with Crippen molar-refractivity contribution in [2.45, 2.75) is 46.0 Å². The van der Waals surface area contributed by atoms with E-state index in [1.807, 2.05) is 5.38 Å². The Labute approximate surface area is 125 Å². The van der Waals surface area contributed by atoms with Crippen LogP contribution < -0.4 is 11.1 Å². The van der Waals surface area contributed by atoms with Gasteiger partial charge in [-0.3, -0.25) is 4.79 Å². The molecule has 2 rings (SSSR count). The molecule has 1 heterocycles. The molecule has 20 heavy (non-hydrogen) atoms. The summed E-state index contributed by atoms with van der Waals surface area (Å²) < 4.78 is 0. The number of rotatable bonds is 7. The Morgan fingerprint density at radius 2 is 2.30 bits per heavy atom. The molecule has 0 radical (unpaired) electrons. The van der Waals surface area contributed by atoms with E-state index in [1.54, 1.807) is 0 Å². The van der Waals surface area contributed by atoms with Crippen molar-refractivity contribution in [1.29, 1.82) is 0 Å². The van der Waals surface area contributed by atoms with E-state index >= 15 is 0 Å². The van der Waals surface area contributed by atoms with E-state index in [0.717, 1.165) is 18.0 Å². The van der Waals surface area contributed by atoms with E-state index in [9.17, 15) is 4.79 Å². The van der Waals surface area contributed by atoms with Crippen LogP contribution >= 0.6 is 11.3 Å². The second-order valence-electron chi connectivity index (χ2n) is 6.30. The van der Waals surface area contributed by atoms with Crippen molar-refractivity contribution in [1.82, 2.24) is 10.3 Å². The van der Waals surface area contributed by atoms with Crippen LogP contribution in [0.4, 0.5) is 0 Å². The Morgan fingerprint density at radius 1 is 1.55 bits per heavy atom. The first-order chi connectivity index (χ1) is 9.54. The molecule has 1 saturated carbocycles. The highest BCUT2D eigenvalue weighted by Gasteiger charge is 2.37. The van der Waals surface area contributed by atoms with Gasteiger partial charge in [-0.05, 0) is 37.1 Å². The minimum atomic E-state index is -0.0421. The molecule has 0 aliphatic heterocycles. The van der Waals surface area contributed by atoms with Crippen LogP contribution in [0.25, 0.3) is 0 Å². The highest BCUT2D eigenvalue weighted by atomic mass is 32.1. The molecule has 112 valence electrons. The molecule has 1 aliphatic rings.